The molecule has 2 aromatic heterocycles. The molecule has 2 amide bonds. The molecule has 1 N–H and O–H groups in total. The summed E-state index contributed by atoms with van der Waals surface area (Å²) in [7, 11) is 0. The van der Waals surface area contributed by atoms with Crippen molar-refractivity contribution in [2.45, 2.75) is 57.4 Å². The Morgan fingerprint density at radius 1 is 0.972 bits per heavy atom. The van der Waals surface area contributed by atoms with E-state index in [9.17, 15) is 35.9 Å². The molecule has 9 nitrogen and oxygen atoms in total. The summed E-state index contributed by atoms with van der Waals surface area (Å²) in [6.45, 7) is 1.20. The number of alkyl halides is 6. The van der Waals surface area contributed by atoms with E-state index in [1.54, 1.807) is 6.92 Å². The van der Waals surface area contributed by atoms with E-state index in [2.05, 4.69) is 15.2 Å². The molecule has 36 heavy (non-hydrogen) atoms. The van der Waals surface area contributed by atoms with Crippen LogP contribution in [0.1, 0.15) is 37.7 Å². The molecule has 1 unspecified atom stereocenters. The summed E-state index contributed by atoms with van der Waals surface area (Å²) in [5.41, 5.74) is 0.434. The first-order chi connectivity index (χ1) is 16.8. The van der Waals surface area contributed by atoms with E-state index in [4.69, 9.17) is 9.47 Å². The monoisotopic (exact) mass is 523 g/mol. The van der Waals surface area contributed by atoms with Gasteiger partial charge in [0.2, 0.25) is 5.88 Å². The number of fused-ring (bicyclic) bond motifs is 1. The molecular weight excluding hydrogens is 500 g/mol. The molecule has 0 bridgehead atoms. The van der Waals surface area contributed by atoms with E-state index in [1.807, 2.05) is 0 Å². The first kappa shape index (κ1) is 25.8. The van der Waals surface area contributed by atoms with Gasteiger partial charge in [-0.25, -0.2) is 9.59 Å². The number of nitrogens with zero attached hydrogens (tertiary/aromatic N) is 4. The molecule has 198 valence electrons. The molecule has 0 radical (unpaired) electrons. The molecule has 2 fully saturated rings. The van der Waals surface area contributed by atoms with Crippen molar-refractivity contribution in [2.75, 3.05) is 19.6 Å². The number of ether oxygens (including phenoxy) is 2. The van der Waals surface area contributed by atoms with E-state index in [0.29, 0.717) is 23.3 Å². The summed E-state index contributed by atoms with van der Waals surface area (Å²) < 4.78 is 88.8. The van der Waals surface area contributed by atoms with Gasteiger partial charge in [0.25, 0.3) is 5.88 Å². The number of halogens is 6. The average Bonchev–Trinajstić information content (AvgIpc) is 3.21. The fourth-order valence-corrected chi connectivity index (χ4v) is 4.45. The fourth-order valence-electron chi connectivity index (χ4n) is 4.45. The van der Waals surface area contributed by atoms with Crippen molar-refractivity contribution in [3.63, 3.8) is 0 Å². The zero-order valence-electron chi connectivity index (χ0n) is 19.1. The number of likely N-dealkylation sites (tertiary alicyclic amines) is 2. The molecule has 2 aromatic rings. The number of pyridine rings is 1. The Morgan fingerprint density at radius 2 is 1.67 bits per heavy atom. The van der Waals surface area contributed by atoms with Crippen molar-refractivity contribution in [1.82, 2.24) is 25.0 Å². The summed E-state index contributed by atoms with van der Waals surface area (Å²) in [5.74, 6) is -1.92. The second-order valence-corrected chi connectivity index (χ2v) is 8.82. The minimum Gasteiger partial charge on any atom is -0.391 e. The zero-order chi connectivity index (χ0) is 26.3. The van der Waals surface area contributed by atoms with E-state index in [0.717, 1.165) is 4.90 Å². The van der Waals surface area contributed by atoms with Crippen LogP contribution < -0.4 is 9.47 Å². The zero-order valence-corrected chi connectivity index (χ0v) is 19.1. The molecule has 0 aromatic carbocycles. The number of amides is 2. The predicted octanol–water partition coefficient (Wildman–Crippen LogP) is 4.96. The van der Waals surface area contributed by atoms with Crippen LogP contribution in [0.5, 0.6) is 11.8 Å². The summed E-state index contributed by atoms with van der Waals surface area (Å²) >= 11 is 0. The number of aryl methyl sites for hydroxylation is 1. The van der Waals surface area contributed by atoms with Crippen molar-refractivity contribution in [1.29, 1.82) is 0 Å². The third-order valence-electron chi connectivity index (χ3n) is 6.38. The molecule has 0 spiro atoms. The normalized spacial score (nSPS) is 20.0. The molecule has 0 saturated carbocycles. The van der Waals surface area contributed by atoms with Crippen LogP contribution in [0.2, 0.25) is 0 Å². The lowest BCUT2D eigenvalue weighted by molar-refractivity contribution is -0.184. The van der Waals surface area contributed by atoms with E-state index < -0.39 is 36.5 Å². The van der Waals surface area contributed by atoms with Gasteiger partial charge < -0.3 is 14.4 Å². The third kappa shape index (κ3) is 5.43. The van der Waals surface area contributed by atoms with E-state index in [1.165, 1.54) is 6.07 Å². The molecule has 4 rings (SSSR count). The Labute approximate surface area is 200 Å². The fraction of sp³-hybridized carbons (Fsp3) is 0.619. The van der Waals surface area contributed by atoms with Crippen LogP contribution in [-0.4, -0.2) is 75.2 Å². The first-order valence-electron chi connectivity index (χ1n) is 11.3. The summed E-state index contributed by atoms with van der Waals surface area (Å²) in [5, 5.41) is 6.61. The predicted molar refractivity (Wildman–Crippen MR) is 111 cm³/mol. The van der Waals surface area contributed by atoms with Crippen molar-refractivity contribution in [3.05, 3.63) is 11.6 Å². The highest BCUT2D eigenvalue weighted by Crippen LogP contribution is 2.35. The number of aromatic nitrogens is 3. The maximum atomic E-state index is 13.3. The van der Waals surface area contributed by atoms with Gasteiger partial charge in [0.15, 0.2) is 5.65 Å². The number of H-pyrrole nitrogens is 1. The minimum absolute atomic E-state index is 0.0439. The number of carbonyl (C=O) groups excluding carboxylic acids is 2. The number of aromatic amines is 1. The van der Waals surface area contributed by atoms with Gasteiger partial charge in [0.05, 0.1) is 11.3 Å². The highest BCUT2D eigenvalue weighted by molar-refractivity contribution is 5.87. The largest absolute Gasteiger partial charge is 0.417 e. The van der Waals surface area contributed by atoms with Gasteiger partial charge in [-0.15, -0.1) is 5.10 Å². The number of hydrogen-bond acceptors (Lipinski definition) is 6. The van der Waals surface area contributed by atoms with Gasteiger partial charge in [-0.2, -0.15) is 31.3 Å². The number of piperidine rings is 2. The Morgan fingerprint density at radius 3 is 2.31 bits per heavy atom. The van der Waals surface area contributed by atoms with Crippen LogP contribution in [0, 0.1) is 12.8 Å². The van der Waals surface area contributed by atoms with Gasteiger partial charge in [-0.1, -0.05) is 0 Å². The van der Waals surface area contributed by atoms with E-state index in [-0.39, 0.29) is 61.7 Å². The van der Waals surface area contributed by atoms with Crippen LogP contribution >= 0.6 is 0 Å². The Hall–Kier alpha value is -3.26. The Balaban J connectivity index is 1.44. The second-order valence-electron chi connectivity index (χ2n) is 8.82. The highest BCUT2D eigenvalue weighted by atomic mass is 19.4. The topological polar surface area (TPSA) is 101 Å². The summed E-state index contributed by atoms with van der Waals surface area (Å²) in [6, 6.07) is -0.656. The number of hydrogen-bond donors (Lipinski definition) is 1. The Kier molecular flexibility index (Phi) is 6.92. The molecule has 1 atom stereocenters. The van der Waals surface area contributed by atoms with Crippen molar-refractivity contribution in [3.8, 4) is 11.8 Å². The van der Waals surface area contributed by atoms with Crippen molar-refractivity contribution < 1.29 is 45.4 Å². The number of rotatable bonds is 2. The maximum Gasteiger partial charge on any atom is 0.417 e. The smallest absolute Gasteiger partial charge is 0.391 e. The minimum atomic E-state index is -4.59. The molecule has 4 heterocycles. The quantitative estimate of drug-likeness (QED) is 0.559. The van der Waals surface area contributed by atoms with Gasteiger partial charge in [0, 0.05) is 25.7 Å². The van der Waals surface area contributed by atoms with Gasteiger partial charge >= 0.3 is 24.5 Å². The maximum absolute atomic E-state index is 13.3. The molecular formula is C21H23F6N5O4. The van der Waals surface area contributed by atoms with Gasteiger partial charge in [0.1, 0.15) is 6.04 Å². The average molecular weight is 523 g/mol. The lowest BCUT2D eigenvalue weighted by Gasteiger charge is -2.35. The van der Waals surface area contributed by atoms with Crippen molar-refractivity contribution in [2.24, 2.45) is 5.92 Å². The lowest BCUT2D eigenvalue weighted by Crippen LogP contribution is -2.52. The standard InChI is InChI=1S/C21H23F6N5O4/c1-11-10-14(35-19(34)32-7-3-2-4-13(32)21(25,26)27)28-16-15(11)17(30-29-16)36-18(33)31-8-5-12(6-9-31)20(22,23)24/h10,12-13H,2-9H2,1H3,(H,28,29,30). The molecule has 2 aliphatic rings. The first-order valence-corrected chi connectivity index (χ1v) is 11.3. The SMILES string of the molecule is Cc1cc(OC(=O)N2CCCCC2C(F)(F)F)nc2[nH]nc(OC(=O)N3CCC(C(F)(F)F)CC3)c12. The lowest BCUT2D eigenvalue weighted by atomic mass is 9.97. The van der Waals surface area contributed by atoms with Crippen LogP contribution in [0.3, 0.4) is 0 Å². The van der Waals surface area contributed by atoms with Crippen LogP contribution in [-0.2, 0) is 0 Å². The van der Waals surface area contributed by atoms with Crippen LogP contribution in [0.15, 0.2) is 6.07 Å². The highest BCUT2D eigenvalue weighted by Gasteiger charge is 2.47. The number of nitrogens with one attached hydrogen (secondary N) is 1. The van der Waals surface area contributed by atoms with E-state index >= 15 is 0 Å². The van der Waals surface area contributed by atoms with Gasteiger partial charge in [-0.05, 0) is 44.6 Å². The number of carbonyl (C=O) groups is 2. The summed E-state index contributed by atoms with van der Waals surface area (Å²) in [4.78, 5) is 30.8. The van der Waals surface area contributed by atoms with Crippen LogP contribution in [0.4, 0.5) is 35.9 Å². The Bertz CT molecular complexity index is 1130. The molecule has 2 aliphatic heterocycles. The second kappa shape index (κ2) is 9.65. The molecule has 2 saturated heterocycles. The van der Waals surface area contributed by atoms with Gasteiger partial charge in [-0.3, -0.25) is 10.00 Å². The molecule has 15 heteroatoms. The van der Waals surface area contributed by atoms with Crippen LogP contribution in [0.25, 0.3) is 11.0 Å². The third-order valence-corrected chi connectivity index (χ3v) is 6.38. The molecule has 0 aliphatic carbocycles. The summed E-state index contributed by atoms with van der Waals surface area (Å²) in [6.07, 6.45) is -10.9. The van der Waals surface area contributed by atoms with Crippen molar-refractivity contribution >= 4 is 23.2 Å².